The second-order valence-electron chi connectivity index (χ2n) is 5.70. The van der Waals surface area contributed by atoms with Crippen molar-refractivity contribution in [2.75, 3.05) is 0 Å². The molecule has 0 fully saturated rings. The molecular formula is C17H16N4O2S3. The Morgan fingerprint density at radius 1 is 1.15 bits per heavy atom. The van der Waals surface area contributed by atoms with E-state index in [1.807, 2.05) is 25.1 Å². The van der Waals surface area contributed by atoms with E-state index in [0.717, 1.165) is 27.7 Å². The summed E-state index contributed by atoms with van der Waals surface area (Å²) < 4.78 is 26.4. The number of nitrogens with zero attached hydrogens (tertiary/aromatic N) is 3. The number of sulfonamides is 1. The molecule has 9 heteroatoms. The summed E-state index contributed by atoms with van der Waals surface area (Å²) in [7, 11) is -3.74. The van der Waals surface area contributed by atoms with Crippen LogP contribution in [0.4, 0.5) is 0 Å². The number of thioether (sulfide) groups is 1. The highest BCUT2D eigenvalue weighted by atomic mass is 32.2. The van der Waals surface area contributed by atoms with Crippen LogP contribution < -0.4 is 5.14 Å². The van der Waals surface area contributed by atoms with Crippen LogP contribution in [0.15, 0.2) is 52.5 Å². The number of aryl methyl sites for hydroxylation is 1. The van der Waals surface area contributed by atoms with Gasteiger partial charge in [-0.1, -0.05) is 23.9 Å². The van der Waals surface area contributed by atoms with Gasteiger partial charge in [-0.3, -0.25) is 0 Å². The van der Waals surface area contributed by atoms with Crippen LogP contribution in [0.5, 0.6) is 0 Å². The number of aromatic nitrogens is 3. The van der Waals surface area contributed by atoms with Gasteiger partial charge in [-0.15, -0.1) is 11.3 Å². The molecule has 0 aliphatic heterocycles. The largest absolute Gasteiger partial charge is 0.319 e. The molecule has 134 valence electrons. The number of nitrogens with two attached hydrogens (primary N) is 1. The van der Waals surface area contributed by atoms with Gasteiger partial charge in [0.25, 0.3) is 0 Å². The maximum atomic E-state index is 11.6. The van der Waals surface area contributed by atoms with E-state index in [1.54, 1.807) is 29.2 Å². The molecule has 2 aromatic heterocycles. The maximum absolute atomic E-state index is 11.6. The normalized spacial score (nSPS) is 12.2. The van der Waals surface area contributed by atoms with Crippen molar-refractivity contribution in [2.45, 2.75) is 29.3 Å². The fourth-order valence-electron chi connectivity index (χ4n) is 2.79. The van der Waals surface area contributed by atoms with Crippen molar-refractivity contribution in [1.82, 2.24) is 14.5 Å². The number of imidazole rings is 1. The molecule has 2 aromatic carbocycles. The first-order chi connectivity index (χ1) is 12.5. The van der Waals surface area contributed by atoms with E-state index < -0.39 is 10.0 Å². The number of rotatable bonds is 5. The molecule has 0 bridgehead atoms. The average Bonchev–Trinajstić information content (AvgIpc) is 3.18. The number of para-hydroxylation sites is 1. The molecule has 2 N–H and O–H groups in total. The summed E-state index contributed by atoms with van der Waals surface area (Å²) in [4.78, 5) is 9.34. The third-order valence-corrected chi connectivity index (χ3v) is 7.11. The summed E-state index contributed by atoms with van der Waals surface area (Å²) in [6, 6.07) is 12.9. The lowest BCUT2D eigenvalue weighted by Crippen LogP contribution is -2.11. The van der Waals surface area contributed by atoms with Gasteiger partial charge in [0.2, 0.25) is 10.0 Å². The second kappa shape index (κ2) is 6.66. The molecule has 4 rings (SSSR count). The van der Waals surface area contributed by atoms with Gasteiger partial charge < -0.3 is 4.57 Å². The van der Waals surface area contributed by atoms with Crippen LogP contribution in [0, 0.1) is 0 Å². The van der Waals surface area contributed by atoms with Crippen LogP contribution in [0.3, 0.4) is 0 Å². The third kappa shape index (κ3) is 3.23. The minimum Gasteiger partial charge on any atom is -0.319 e. The van der Waals surface area contributed by atoms with Gasteiger partial charge in [0.1, 0.15) is 5.01 Å². The van der Waals surface area contributed by atoms with E-state index in [2.05, 4.69) is 20.6 Å². The summed E-state index contributed by atoms with van der Waals surface area (Å²) in [5.41, 5.74) is 2.53. The molecule has 0 amide bonds. The van der Waals surface area contributed by atoms with Gasteiger partial charge in [-0.25, -0.2) is 23.5 Å². The zero-order valence-electron chi connectivity index (χ0n) is 13.9. The molecule has 0 aliphatic carbocycles. The Morgan fingerprint density at radius 2 is 1.96 bits per heavy atom. The van der Waals surface area contributed by atoms with Crippen LogP contribution in [0.25, 0.3) is 21.3 Å². The standard InChI is InChI=1S/C17H16N4O2S3/c1-2-21-14-8-7-11(26(18,22)23)9-13(14)20-17(21)24-10-16-19-12-5-3-4-6-15(12)25-16/h3-9H,2,10H2,1H3,(H2,18,22,23). The molecule has 0 radical (unpaired) electrons. The zero-order valence-corrected chi connectivity index (χ0v) is 16.4. The summed E-state index contributed by atoms with van der Waals surface area (Å²) in [5.74, 6) is 0.713. The van der Waals surface area contributed by atoms with E-state index in [0.29, 0.717) is 11.3 Å². The summed E-state index contributed by atoms with van der Waals surface area (Å²) >= 11 is 3.28. The van der Waals surface area contributed by atoms with E-state index in [4.69, 9.17) is 5.14 Å². The van der Waals surface area contributed by atoms with Crippen molar-refractivity contribution in [3.63, 3.8) is 0 Å². The first-order valence-corrected chi connectivity index (χ1v) is 11.3. The van der Waals surface area contributed by atoms with Crippen molar-refractivity contribution in [3.05, 3.63) is 47.5 Å². The van der Waals surface area contributed by atoms with Gasteiger partial charge in [0.15, 0.2) is 5.16 Å². The monoisotopic (exact) mass is 404 g/mol. The van der Waals surface area contributed by atoms with Gasteiger partial charge in [0, 0.05) is 6.54 Å². The lowest BCUT2D eigenvalue weighted by Gasteiger charge is -2.04. The summed E-state index contributed by atoms with van der Waals surface area (Å²) in [6.07, 6.45) is 0. The Kier molecular flexibility index (Phi) is 4.47. The topological polar surface area (TPSA) is 90.9 Å². The highest BCUT2D eigenvalue weighted by molar-refractivity contribution is 7.98. The van der Waals surface area contributed by atoms with Crippen molar-refractivity contribution in [2.24, 2.45) is 5.14 Å². The Labute approximate surface area is 159 Å². The first kappa shape index (κ1) is 17.5. The SMILES string of the molecule is CCn1c(SCc2nc3ccccc3s2)nc2cc(S(N)(=O)=O)ccc21. The van der Waals surface area contributed by atoms with Gasteiger partial charge in [-0.05, 0) is 37.3 Å². The molecule has 0 atom stereocenters. The predicted molar refractivity (Wildman–Crippen MR) is 106 cm³/mol. The molecule has 4 aromatic rings. The quantitative estimate of drug-likeness (QED) is 0.513. The van der Waals surface area contributed by atoms with E-state index in [9.17, 15) is 8.42 Å². The minimum absolute atomic E-state index is 0.0773. The number of hydrogen-bond acceptors (Lipinski definition) is 6. The summed E-state index contributed by atoms with van der Waals surface area (Å²) in [5, 5.41) is 7.10. The molecule has 26 heavy (non-hydrogen) atoms. The lowest BCUT2D eigenvalue weighted by atomic mass is 10.3. The first-order valence-electron chi connectivity index (χ1n) is 7.96. The third-order valence-electron chi connectivity index (χ3n) is 3.99. The highest BCUT2D eigenvalue weighted by Crippen LogP contribution is 2.30. The number of hydrogen-bond donors (Lipinski definition) is 1. The molecule has 0 unspecified atom stereocenters. The van der Waals surface area contributed by atoms with Crippen LogP contribution in [0.1, 0.15) is 11.9 Å². The average molecular weight is 405 g/mol. The Balaban J connectivity index is 1.66. The highest BCUT2D eigenvalue weighted by Gasteiger charge is 2.15. The van der Waals surface area contributed by atoms with Crippen LogP contribution in [-0.4, -0.2) is 23.0 Å². The fourth-order valence-corrected chi connectivity index (χ4v) is 5.36. The van der Waals surface area contributed by atoms with E-state index in [1.165, 1.54) is 16.8 Å². The Hall–Kier alpha value is -1.94. The van der Waals surface area contributed by atoms with E-state index >= 15 is 0 Å². The Bertz CT molecular complexity index is 1180. The predicted octanol–water partition coefficient (Wildman–Crippen LogP) is 3.61. The zero-order chi connectivity index (χ0) is 18.3. The molecule has 0 aliphatic rings. The van der Waals surface area contributed by atoms with E-state index in [-0.39, 0.29) is 4.90 Å². The lowest BCUT2D eigenvalue weighted by molar-refractivity contribution is 0.598. The number of thiazole rings is 1. The molecule has 0 spiro atoms. The van der Waals surface area contributed by atoms with Crippen molar-refractivity contribution >= 4 is 54.4 Å². The number of primary sulfonamides is 1. The molecule has 0 saturated heterocycles. The molecule has 2 heterocycles. The van der Waals surface area contributed by atoms with Gasteiger partial charge in [0.05, 0.1) is 31.9 Å². The summed E-state index contributed by atoms with van der Waals surface area (Å²) in [6.45, 7) is 2.78. The van der Waals surface area contributed by atoms with Crippen molar-refractivity contribution < 1.29 is 8.42 Å². The van der Waals surface area contributed by atoms with Gasteiger partial charge >= 0.3 is 0 Å². The van der Waals surface area contributed by atoms with Crippen LogP contribution in [-0.2, 0) is 22.3 Å². The molecular weight excluding hydrogens is 388 g/mol. The van der Waals surface area contributed by atoms with Crippen LogP contribution in [0.2, 0.25) is 0 Å². The van der Waals surface area contributed by atoms with Crippen molar-refractivity contribution in [1.29, 1.82) is 0 Å². The second-order valence-corrected chi connectivity index (χ2v) is 9.32. The molecule has 6 nitrogen and oxygen atoms in total. The van der Waals surface area contributed by atoms with Gasteiger partial charge in [-0.2, -0.15) is 0 Å². The minimum atomic E-state index is -3.74. The number of fused-ring (bicyclic) bond motifs is 2. The fraction of sp³-hybridized carbons (Fsp3) is 0.176. The van der Waals surface area contributed by atoms with Crippen molar-refractivity contribution in [3.8, 4) is 0 Å². The maximum Gasteiger partial charge on any atom is 0.238 e. The Morgan fingerprint density at radius 3 is 2.69 bits per heavy atom. The molecule has 0 saturated carbocycles. The smallest absolute Gasteiger partial charge is 0.238 e. The number of benzene rings is 2. The van der Waals surface area contributed by atoms with Crippen LogP contribution >= 0.6 is 23.1 Å².